The van der Waals surface area contributed by atoms with E-state index in [0.29, 0.717) is 36.3 Å². The van der Waals surface area contributed by atoms with Crippen LogP contribution in [0.3, 0.4) is 0 Å². The minimum atomic E-state index is -0.298. The third kappa shape index (κ3) is 3.43. The summed E-state index contributed by atoms with van der Waals surface area (Å²) in [5.74, 6) is 0.794. The van der Waals surface area contributed by atoms with Gasteiger partial charge in [-0.2, -0.15) is 4.98 Å². The molecule has 2 fully saturated rings. The standard InChI is InChI=1S/C19H22FN3O2/c20-15-9-7-13(8-10-15)18-21-19(25-22-18)14-11-17(24)23(12-14)16-5-3-1-2-4-6-16/h7-10,14,16H,1-6,11-12H2/t14-/m0/s1. The molecule has 132 valence electrons. The highest BCUT2D eigenvalue weighted by molar-refractivity contribution is 5.79. The summed E-state index contributed by atoms with van der Waals surface area (Å²) in [5.41, 5.74) is 0.710. The molecule has 1 aliphatic heterocycles. The van der Waals surface area contributed by atoms with Gasteiger partial charge in [-0.25, -0.2) is 4.39 Å². The lowest BCUT2D eigenvalue weighted by atomic mass is 10.1. The second-order valence-electron chi connectivity index (χ2n) is 7.06. The number of hydrogen-bond donors (Lipinski definition) is 0. The lowest BCUT2D eigenvalue weighted by Crippen LogP contribution is -2.36. The summed E-state index contributed by atoms with van der Waals surface area (Å²) in [5, 5.41) is 4.00. The number of likely N-dealkylation sites (tertiary alicyclic amines) is 1. The Labute approximate surface area is 146 Å². The van der Waals surface area contributed by atoms with E-state index in [4.69, 9.17) is 4.52 Å². The fourth-order valence-corrected chi connectivity index (χ4v) is 3.94. The Hall–Kier alpha value is -2.24. The maximum atomic E-state index is 13.0. The van der Waals surface area contributed by atoms with Crippen molar-refractivity contribution < 1.29 is 13.7 Å². The molecule has 1 atom stereocenters. The van der Waals surface area contributed by atoms with Crippen molar-refractivity contribution in [2.75, 3.05) is 6.54 Å². The predicted molar refractivity (Wildman–Crippen MR) is 90.3 cm³/mol. The van der Waals surface area contributed by atoms with Crippen LogP contribution in [-0.4, -0.2) is 33.5 Å². The molecule has 0 unspecified atom stereocenters. The zero-order valence-corrected chi connectivity index (χ0v) is 14.2. The molecule has 1 saturated heterocycles. The highest BCUT2D eigenvalue weighted by Gasteiger charge is 2.37. The van der Waals surface area contributed by atoms with Crippen LogP contribution in [0, 0.1) is 5.82 Å². The number of amides is 1. The van der Waals surface area contributed by atoms with Gasteiger partial charge in [0, 0.05) is 24.6 Å². The van der Waals surface area contributed by atoms with E-state index >= 15 is 0 Å². The molecule has 0 spiro atoms. The summed E-state index contributed by atoms with van der Waals surface area (Å²) in [6, 6.07) is 6.36. The number of aromatic nitrogens is 2. The molecule has 6 heteroatoms. The summed E-state index contributed by atoms with van der Waals surface area (Å²) in [7, 11) is 0. The Kier molecular flexibility index (Phi) is 4.51. The van der Waals surface area contributed by atoms with E-state index in [9.17, 15) is 9.18 Å². The molecular weight excluding hydrogens is 321 g/mol. The van der Waals surface area contributed by atoms with Gasteiger partial charge in [-0.3, -0.25) is 4.79 Å². The molecule has 0 bridgehead atoms. The summed E-state index contributed by atoms with van der Waals surface area (Å²) in [4.78, 5) is 18.9. The largest absolute Gasteiger partial charge is 0.339 e. The molecular formula is C19H22FN3O2. The number of carbonyl (C=O) groups excluding carboxylic acids is 1. The van der Waals surface area contributed by atoms with Crippen LogP contribution in [0.15, 0.2) is 28.8 Å². The van der Waals surface area contributed by atoms with Crippen molar-refractivity contribution in [3.05, 3.63) is 36.0 Å². The summed E-state index contributed by atoms with van der Waals surface area (Å²) >= 11 is 0. The summed E-state index contributed by atoms with van der Waals surface area (Å²) < 4.78 is 18.4. The van der Waals surface area contributed by atoms with E-state index in [1.165, 1.54) is 37.8 Å². The minimum absolute atomic E-state index is 0.0440. The minimum Gasteiger partial charge on any atom is -0.339 e. The highest BCUT2D eigenvalue weighted by Crippen LogP contribution is 2.33. The molecule has 1 aromatic heterocycles. The Bertz CT molecular complexity index is 735. The van der Waals surface area contributed by atoms with Crippen molar-refractivity contribution in [3.63, 3.8) is 0 Å². The van der Waals surface area contributed by atoms with Gasteiger partial charge in [-0.05, 0) is 37.1 Å². The molecule has 1 aromatic carbocycles. The summed E-state index contributed by atoms with van der Waals surface area (Å²) in [6.07, 6.45) is 7.58. The fraction of sp³-hybridized carbons (Fsp3) is 0.526. The Balaban J connectivity index is 1.47. The quantitative estimate of drug-likeness (QED) is 0.793. The number of hydrogen-bond acceptors (Lipinski definition) is 4. The van der Waals surface area contributed by atoms with Crippen molar-refractivity contribution >= 4 is 5.91 Å². The molecule has 2 heterocycles. The smallest absolute Gasteiger partial charge is 0.232 e. The van der Waals surface area contributed by atoms with Crippen LogP contribution in [-0.2, 0) is 4.79 Å². The zero-order chi connectivity index (χ0) is 17.2. The molecule has 1 amide bonds. The van der Waals surface area contributed by atoms with Crippen molar-refractivity contribution in [1.29, 1.82) is 0 Å². The second-order valence-corrected chi connectivity index (χ2v) is 7.06. The van der Waals surface area contributed by atoms with Crippen LogP contribution in [0.2, 0.25) is 0 Å². The van der Waals surface area contributed by atoms with Gasteiger partial charge in [-0.1, -0.05) is 30.8 Å². The summed E-state index contributed by atoms with van der Waals surface area (Å²) in [6.45, 7) is 0.661. The van der Waals surface area contributed by atoms with E-state index < -0.39 is 0 Å². The van der Waals surface area contributed by atoms with Crippen LogP contribution in [0.1, 0.15) is 56.8 Å². The van der Waals surface area contributed by atoms with Gasteiger partial charge in [0.05, 0.1) is 5.92 Å². The van der Waals surface area contributed by atoms with Gasteiger partial charge in [0.1, 0.15) is 5.82 Å². The first-order chi connectivity index (χ1) is 12.2. The van der Waals surface area contributed by atoms with Crippen LogP contribution in [0.5, 0.6) is 0 Å². The van der Waals surface area contributed by atoms with Crippen LogP contribution in [0.4, 0.5) is 4.39 Å². The zero-order valence-electron chi connectivity index (χ0n) is 14.2. The Morgan fingerprint density at radius 3 is 2.52 bits per heavy atom. The van der Waals surface area contributed by atoms with Gasteiger partial charge in [0.2, 0.25) is 17.6 Å². The maximum absolute atomic E-state index is 13.0. The first-order valence-corrected chi connectivity index (χ1v) is 9.10. The van der Waals surface area contributed by atoms with Gasteiger partial charge >= 0.3 is 0 Å². The van der Waals surface area contributed by atoms with E-state index in [-0.39, 0.29) is 17.6 Å². The maximum Gasteiger partial charge on any atom is 0.232 e. The average molecular weight is 343 g/mol. The third-order valence-electron chi connectivity index (χ3n) is 5.32. The van der Waals surface area contributed by atoms with Crippen molar-refractivity contribution in [2.45, 2.75) is 56.9 Å². The SMILES string of the molecule is O=C1C[C@H](c2nc(-c3ccc(F)cc3)no2)CN1C1CCCCCC1. The van der Waals surface area contributed by atoms with Gasteiger partial charge in [0.25, 0.3) is 0 Å². The van der Waals surface area contributed by atoms with E-state index in [0.717, 1.165) is 12.8 Å². The molecule has 0 radical (unpaired) electrons. The van der Waals surface area contributed by atoms with Gasteiger partial charge < -0.3 is 9.42 Å². The normalized spacial score (nSPS) is 22.4. The predicted octanol–water partition coefficient (Wildman–Crippen LogP) is 3.91. The van der Waals surface area contributed by atoms with Gasteiger partial charge in [0.15, 0.2) is 0 Å². The molecule has 25 heavy (non-hydrogen) atoms. The number of benzene rings is 1. The number of rotatable bonds is 3. The highest BCUT2D eigenvalue weighted by atomic mass is 19.1. The van der Waals surface area contributed by atoms with E-state index in [1.54, 1.807) is 12.1 Å². The Morgan fingerprint density at radius 1 is 1.08 bits per heavy atom. The monoisotopic (exact) mass is 343 g/mol. The van der Waals surface area contributed by atoms with Crippen LogP contribution < -0.4 is 0 Å². The first kappa shape index (κ1) is 16.2. The average Bonchev–Trinajstić information content (AvgIpc) is 3.15. The van der Waals surface area contributed by atoms with Crippen molar-refractivity contribution in [2.24, 2.45) is 0 Å². The fourth-order valence-electron chi connectivity index (χ4n) is 3.94. The Morgan fingerprint density at radius 2 is 1.80 bits per heavy atom. The third-order valence-corrected chi connectivity index (χ3v) is 5.32. The molecule has 1 aliphatic carbocycles. The molecule has 0 N–H and O–H groups in total. The van der Waals surface area contributed by atoms with E-state index in [2.05, 4.69) is 10.1 Å². The first-order valence-electron chi connectivity index (χ1n) is 9.10. The molecule has 1 saturated carbocycles. The lowest BCUT2D eigenvalue weighted by molar-refractivity contribution is -0.129. The van der Waals surface area contributed by atoms with Gasteiger partial charge in [-0.15, -0.1) is 0 Å². The number of nitrogens with zero attached hydrogens (tertiary/aromatic N) is 3. The van der Waals surface area contributed by atoms with E-state index in [1.807, 2.05) is 4.90 Å². The van der Waals surface area contributed by atoms with Crippen LogP contribution in [0.25, 0.3) is 11.4 Å². The van der Waals surface area contributed by atoms with Crippen LogP contribution >= 0.6 is 0 Å². The van der Waals surface area contributed by atoms with Crippen molar-refractivity contribution in [3.8, 4) is 11.4 Å². The molecule has 5 nitrogen and oxygen atoms in total. The molecule has 2 aliphatic rings. The molecule has 2 aromatic rings. The molecule has 4 rings (SSSR count). The number of halogens is 1. The second kappa shape index (κ2) is 6.94. The topological polar surface area (TPSA) is 59.2 Å². The lowest BCUT2D eigenvalue weighted by Gasteiger charge is -2.26. The number of carbonyl (C=O) groups is 1. The van der Waals surface area contributed by atoms with Crippen molar-refractivity contribution in [1.82, 2.24) is 15.0 Å².